The molecule has 8 heteroatoms. The molecule has 0 saturated heterocycles. The Balaban J connectivity index is 1.57. The van der Waals surface area contributed by atoms with Crippen molar-refractivity contribution in [2.75, 3.05) is 5.32 Å². The van der Waals surface area contributed by atoms with Gasteiger partial charge in [-0.1, -0.05) is 32.7 Å². The number of nitrogens with one attached hydrogen (secondary N) is 2. The zero-order chi connectivity index (χ0) is 17.8. The van der Waals surface area contributed by atoms with E-state index in [4.69, 9.17) is 28.3 Å². The average molecular weight is 438 g/mol. The summed E-state index contributed by atoms with van der Waals surface area (Å²) in [5.41, 5.74) is 2.87. The van der Waals surface area contributed by atoms with Crippen LogP contribution in [0, 0.1) is 6.92 Å². The minimum atomic E-state index is 0.335. The van der Waals surface area contributed by atoms with Gasteiger partial charge >= 0.3 is 0 Å². The van der Waals surface area contributed by atoms with E-state index < -0.39 is 0 Å². The minimum absolute atomic E-state index is 0.335. The van der Waals surface area contributed by atoms with Crippen molar-refractivity contribution in [1.82, 2.24) is 15.5 Å². The highest BCUT2D eigenvalue weighted by atomic mass is 79.9. The van der Waals surface area contributed by atoms with Gasteiger partial charge in [0.1, 0.15) is 0 Å². The zero-order valence-corrected chi connectivity index (χ0v) is 16.4. The molecule has 3 aromatic rings. The highest BCUT2D eigenvalue weighted by Crippen LogP contribution is 2.20. The van der Waals surface area contributed by atoms with E-state index >= 15 is 0 Å². The van der Waals surface area contributed by atoms with Gasteiger partial charge in [0.15, 0.2) is 5.11 Å². The summed E-state index contributed by atoms with van der Waals surface area (Å²) in [6, 6.07) is 13.2. The highest BCUT2D eigenvalue weighted by Gasteiger charge is 2.09. The third-order valence-electron chi connectivity index (χ3n) is 3.39. The van der Waals surface area contributed by atoms with Gasteiger partial charge in [-0.2, -0.15) is 4.98 Å². The second-order valence-electron chi connectivity index (χ2n) is 5.29. The van der Waals surface area contributed by atoms with Crippen LogP contribution in [0.1, 0.15) is 11.5 Å². The maximum Gasteiger partial charge on any atom is 0.246 e. The fraction of sp³-hybridized carbons (Fsp3) is 0.118. The normalized spacial score (nSPS) is 10.5. The van der Waals surface area contributed by atoms with Gasteiger partial charge < -0.3 is 15.2 Å². The molecule has 5 nitrogen and oxygen atoms in total. The van der Waals surface area contributed by atoms with E-state index in [-0.39, 0.29) is 0 Å². The van der Waals surface area contributed by atoms with E-state index in [9.17, 15) is 0 Å². The summed E-state index contributed by atoms with van der Waals surface area (Å²) in [6.07, 6.45) is 0. The molecule has 0 fully saturated rings. The summed E-state index contributed by atoms with van der Waals surface area (Å²) < 4.78 is 6.29. The maximum atomic E-state index is 5.88. The smallest absolute Gasteiger partial charge is 0.246 e. The van der Waals surface area contributed by atoms with Crippen LogP contribution in [0.5, 0.6) is 0 Å². The number of nitrogens with zero attached hydrogens (tertiary/aromatic N) is 2. The van der Waals surface area contributed by atoms with E-state index in [1.165, 1.54) is 0 Å². The third kappa shape index (κ3) is 4.78. The van der Waals surface area contributed by atoms with Gasteiger partial charge in [-0.15, -0.1) is 0 Å². The van der Waals surface area contributed by atoms with Crippen molar-refractivity contribution in [1.29, 1.82) is 0 Å². The largest absolute Gasteiger partial charge is 0.353 e. The lowest BCUT2D eigenvalue weighted by atomic mass is 10.2. The molecule has 128 valence electrons. The molecule has 0 unspecified atom stereocenters. The van der Waals surface area contributed by atoms with Crippen LogP contribution < -0.4 is 10.6 Å². The monoisotopic (exact) mass is 436 g/mol. The number of thiocarbonyl (C=S) groups is 1. The number of halogens is 2. The van der Waals surface area contributed by atoms with Crippen molar-refractivity contribution in [3.05, 3.63) is 63.4 Å². The second-order valence-corrected chi connectivity index (χ2v) is 6.99. The molecule has 2 N–H and O–H groups in total. The number of aryl methyl sites for hydroxylation is 1. The molecule has 0 aliphatic rings. The summed E-state index contributed by atoms with van der Waals surface area (Å²) in [6.45, 7) is 2.35. The second kappa shape index (κ2) is 7.95. The summed E-state index contributed by atoms with van der Waals surface area (Å²) >= 11 is 14.6. The van der Waals surface area contributed by atoms with Gasteiger partial charge in [0.2, 0.25) is 11.7 Å². The van der Waals surface area contributed by atoms with Crippen LogP contribution in [0.15, 0.2) is 51.5 Å². The van der Waals surface area contributed by atoms with E-state index in [1.54, 1.807) is 12.1 Å². The molecular weight excluding hydrogens is 424 g/mol. The quantitative estimate of drug-likeness (QED) is 0.563. The van der Waals surface area contributed by atoms with E-state index in [2.05, 4.69) is 36.7 Å². The molecule has 2 aromatic carbocycles. The van der Waals surface area contributed by atoms with Gasteiger partial charge in [0.25, 0.3) is 0 Å². The number of hydrogen-bond acceptors (Lipinski definition) is 4. The summed E-state index contributed by atoms with van der Waals surface area (Å²) in [5, 5.41) is 11.3. The third-order valence-corrected chi connectivity index (χ3v) is 4.77. The van der Waals surface area contributed by atoms with Crippen molar-refractivity contribution in [2.45, 2.75) is 13.5 Å². The molecule has 1 heterocycles. The Labute approximate surface area is 163 Å². The van der Waals surface area contributed by atoms with Gasteiger partial charge in [-0.05, 0) is 67.2 Å². The Hall–Kier alpha value is -1.96. The summed E-state index contributed by atoms with van der Waals surface area (Å²) in [4.78, 5) is 4.34. The van der Waals surface area contributed by atoms with Gasteiger partial charge in [0, 0.05) is 20.7 Å². The molecular formula is C17H14BrClN4OS. The number of rotatable bonds is 4. The molecule has 0 aliphatic carbocycles. The Morgan fingerprint density at radius 1 is 1.24 bits per heavy atom. The fourth-order valence-corrected chi connectivity index (χ4v) is 2.66. The van der Waals surface area contributed by atoms with Crippen molar-refractivity contribution >= 4 is 50.5 Å². The van der Waals surface area contributed by atoms with Crippen LogP contribution in [0.25, 0.3) is 11.4 Å². The number of benzene rings is 2. The Kier molecular flexibility index (Phi) is 5.67. The van der Waals surface area contributed by atoms with Crippen LogP contribution in [0.2, 0.25) is 5.02 Å². The van der Waals surface area contributed by atoms with Crippen molar-refractivity contribution in [3.63, 3.8) is 0 Å². The molecule has 0 spiro atoms. The van der Waals surface area contributed by atoms with E-state index in [0.29, 0.717) is 28.4 Å². The molecule has 0 radical (unpaired) electrons. The number of anilines is 1. The predicted octanol–water partition coefficient (Wildman–Crippen LogP) is 4.95. The molecule has 0 aliphatic heterocycles. The van der Waals surface area contributed by atoms with E-state index in [1.807, 2.05) is 37.3 Å². The van der Waals surface area contributed by atoms with Crippen LogP contribution in [0.3, 0.4) is 0 Å². The first-order valence-electron chi connectivity index (χ1n) is 7.41. The molecule has 0 atom stereocenters. The van der Waals surface area contributed by atoms with Gasteiger partial charge in [-0.25, -0.2) is 0 Å². The van der Waals surface area contributed by atoms with Crippen LogP contribution >= 0.6 is 39.7 Å². The van der Waals surface area contributed by atoms with Gasteiger partial charge in [0.05, 0.1) is 6.54 Å². The Morgan fingerprint density at radius 3 is 2.72 bits per heavy atom. The maximum absolute atomic E-state index is 5.88. The van der Waals surface area contributed by atoms with Gasteiger partial charge in [-0.3, -0.25) is 0 Å². The first-order valence-corrected chi connectivity index (χ1v) is 8.99. The molecule has 1 aromatic heterocycles. The molecule has 0 saturated carbocycles. The van der Waals surface area contributed by atoms with E-state index in [0.717, 1.165) is 21.3 Å². The molecule has 0 bridgehead atoms. The first kappa shape index (κ1) is 17.8. The summed E-state index contributed by atoms with van der Waals surface area (Å²) in [7, 11) is 0. The standard InChI is InChI=1S/C17H14BrClN4OS/c1-10-8-13(6-7-14(10)18)21-17(25)20-9-15-22-16(23-24-15)11-2-4-12(19)5-3-11/h2-8H,9H2,1H3,(H2,20,21,25). The molecule has 0 amide bonds. The molecule has 3 rings (SSSR count). The fourth-order valence-electron chi connectivity index (χ4n) is 2.10. The first-order chi connectivity index (χ1) is 12.0. The Morgan fingerprint density at radius 2 is 2.00 bits per heavy atom. The SMILES string of the molecule is Cc1cc(NC(=S)NCc2nc(-c3ccc(Cl)cc3)no2)ccc1Br. The van der Waals surface area contributed by atoms with Crippen LogP contribution in [0.4, 0.5) is 5.69 Å². The van der Waals surface area contributed by atoms with Crippen LogP contribution in [-0.2, 0) is 6.54 Å². The topological polar surface area (TPSA) is 63.0 Å². The van der Waals surface area contributed by atoms with Crippen molar-refractivity contribution < 1.29 is 4.52 Å². The average Bonchev–Trinajstić information content (AvgIpc) is 3.06. The number of hydrogen-bond donors (Lipinski definition) is 2. The van der Waals surface area contributed by atoms with Crippen LogP contribution in [-0.4, -0.2) is 15.3 Å². The number of aromatic nitrogens is 2. The summed E-state index contributed by atoms with van der Waals surface area (Å²) in [5.74, 6) is 0.956. The predicted molar refractivity (Wildman–Crippen MR) is 107 cm³/mol. The van der Waals surface area contributed by atoms with Crippen molar-refractivity contribution in [2.24, 2.45) is 0 Å². The lowest BCUT2D eigenvalue weighted by Crippen LogP contribution is -2.28. The minimum Gasteiger partial charge on any atom is -0.353 e. The highest BCUT2D eigenvalue weighted by molar-refractivity contribution is 9.10. The lowest BCUT2D eigenvalue weighted by Gasteiger charge is -2.10. The lowest BCUT2D eigenvalue weighted by molar-refractivity contribution is 0.376. The van der Waals surface area contributed by atoms with Crippen molar-refractivity contribution in [3.8, 4) is 11.4 Å². The Bertz CT molecular complexity index is 898. The molecule has 25 heavy (non-hydrogen) atoms. The zero-order valence-electron chi connectivity index (χ0n) is 13.2.